The van der Waals surface area contributed by atoms with Gasteiger partial charge in [-0.05, 0) is 42.9 Å². The molecule has 1 aliphatic heterocycles. The lowest BCUT2D eigenvalue weighted by molar-refractivity contribution is 0.325. The van der Waals surface area contributed by atoms with Crippen molar-refractivity contribution in [1.29, 1.82) is 0 Å². The molecule has 1 aromatic rings. The molecule has 0 saturated carbocycles. The molecule has 104 valence electrons. The van der Waals surface area contributed by atoms with Crippen LogP contribution in [0.3, 0.4) is 0 Å². The first-order valence-corrected chi connectivity index (χ1v) is 7.52. The molecule has 19 heavy (non-hydrogen) atoms. The largest absolute Gasteiger partial charge is 0.389 e. The fourth-order valence-electron chi connectivity index (χ4n) is 2.65. The van der Waals surface area contributed by atoms with Crippen LogP contribution in [0.15, 0.2) is 18.2 Å². The summed E-state index contributed by atoms with van der Waals surface area (Å²) in [7, 11) is 0. The number of benzene rings is 1. The molecule has 2 N–H and O–H groups in total. The number of nitrogens with zero attached hydrogens (tertiary/aromatic N) is 1. The van der Waals surface area contributed by atoms with E-state index in [1.54, 1.807) is 0 Å². The molecule has 0 unspecified atom stereocenters. The highest BCUT2D eigenvalue weighted by Crippen LogP contribution is 2.33. The minimum absolute atomic E-state index is 0.418. The SMILES string of the molecule is CC1(C)CCCN(c2ccc(Cl)cc2C(N)=S)CC1. The molecule has 0 aliphatic carbocycles. The Morgan fingerprint density at radius 2 is 2.05 bits per heavy atom. The molecule has 0 atom stereocenters. The zero-order valence-corrected chi connectivity index (χ0v) is 13.2. The van der Waals surface area contributed by atoms with Crippen LogP contribution in [0, 0.1) is 5.41 Å². The van der Waals surface area contributed by atoms with Gasteiger partial charge < -0.3 is 10.6 Å². The summed E-state index contributed by atoms with van der Waals surface area (Å²) in [6.45, 7) is 6.78. The molecule has 1 heterocycles. The Kier molecular flexibility index (Phi) is 4.36. The van der Waals surface area contributed by atoms with Crippen LogP contribution in [0.4, 0.5) is 5.69 Å². The highest BCUT2D eigenvalue weighted by Gasteiger charge is 2.24. The van der Waals surface area contributed by atoms with Crippen LogP contribution in [0.2, 0.25) is 5.02 Å². The van der Waals surface area contributed by atoms with Gasteiger partial charge >= 0.3 is 0 Å². The molecule has 1 aliphatic rings. The van der Waals surface area contributed by atoms with Crippen molar-refractivity contribution in [3.05, 3.63) is 28.8 Å². The molecule has 0 spiro atoms. The third kappa shape index (κ3) is 3.61. The highest BCUT2D eigenvalue weighted by molar-refractivity contribution is 7.80. The Hall–Kier alpha value is -0.800. The summed E-state index contributed by atoms with van der Waals surface area (Å²) < 4.78 is 0. The van der Waals surface area contributed by atoms with Crippen molar-refractivity contribution in [3.8, 4) is 0 Å². The first kappa shape index (κ1) is 14.6. The van der Waals surface area contributed by atoms with Gasteiger partial charge in [-0.2, -0.15) is 0 Å². The Bertz CT molecular complexity index is 485. The third-order valence-corrected chi connectivity index (χ3v) is 4.36. The molecule has 4 heteroatoms. The van der Waals surface area contributed by atoms with Crippen LogP contribution in [0.1, 0.15) is 38.7 Å². The number of hydrogen-bond acceptors (Lipinski definition) is 2. The summed E-state index contributed by atoms with van der Waals surface area (Å²) >= 11 is 11.2. The minimum Gasteiger partial charge on any atom is -0.389 e. The van der Waals surface area contributed by atoms with Crippen molar-refractivity contribution in [2.45, 2.75) is 33.1 Å². The van der Waals surface area contributed by atoms with Gasteiger partial charge in [0.25, 0.3) is 0 Å². The average molecular weight is 297 g/mol. The van der Waals surface area contributed by atoms with Gasteiger partial charge in [0, 0.05) is 29.4 Å². The van der Waals surface area contributed by atoms with Gasteiger partial charge in [0.2, 0.25) is 0 Å². The summed E-state index contributed by atoms with van der Waals surface area (Å²) in [6, 6.07) is 5.82. The normalized spacial score (nSPS) is 19.0. The summed E-state index contributed by atoms with van der Waals surface area (Å²) in [6.07, 6.45) is 3.65. The van der Waals surface area contributed by atoms with Crippen molar-refractivity contribution in [1.82, 2.24) is 0 Å². The van der Waals surface area contributed by atoms with Crippen LogP contribution >= 0.6 is 23.8 Å². The molecule has 1 fully saturated rings. The lowest BCUT2D eigenvalue weighted by atomic mass is 9.85. The zero-order chi connectivity index (χ0) is 14.0. The zero-order valence-electron chi connectivity index (χ0n) is 11.6. The van der Waals surface area contributed by atoms with E-state index in [2.05, 4.69) is 18.7 Å². The third-order valence-electron chi connectivity index (χ3n) is 3.90. The smallest absolute Gasteiger partial charge is 0.106 e. The minimum atomic E-state index is 0.418. The number of anilines is 1. The molecule has 0 aromatic heterocycles. The molecule has 0 bridgehead atoms. The molecule has 2 rings (SSSR count). The first-order chi connectivity index (χ1) is 8.89. The Morgan fingerprint density at radius 1 is 1.32 bits per heavy atom. The van der Waals surface area contributed by atoms with Crippen LogP contribution < -0.4 is 10.6 Å². The molecular weight excluding hydrogens is 276 g/mol. The van der Waals surface area contributed by atoms with E-state index < -0.39 is 0 Å². The van der Waals surface area contributed by atoms with Gasteiger partial charge in [0.15, 0.2) is 0 Å². The van der Waals surface area contributed by atoms with Crippen molar-refractivity contribution in [2.24, 2.45) is 11.1 Å². The monoisotopic (exact) mass is 296 g/mol. The molecule has 0 radical (unpaired) electrons. The maximum Gasteiger partial charge on any atom is 0.106 e. The van der Waals surface area contributed by atoms with Crippen LogP contribution in [-0.4, -0.2) is 18.1 Å². The standard InChI is InChI=1S/C15H21ClN2S/c1-15(2)6-3-8-18(9-7-15)13-5-4-11(16)10-12(13)14(17)19/h4-5,10H,3,6-9H2,1-2H3,(H2,17,19). The van der Waals surface area contributed by atoms with E-state index in [0.717, 1.165) is 24.3 Å². The average Bonchev–Trinajstić information content (AvgIpc) is 2.50. The fourth-order valence-corrected chi connectivity index (χ4v) is 2.98. The van der Waals surface area contributed by atoms with Gasteiger partial charge in [-0.25, -0.2) is 0 Å². The van der Waals surface area contributed by atoms with Gasteiger partial charge in [-0.1, -0.05) is 37.7 Å². The maximum atomic E-state index is 6.04. The van der Waals surface area contributed by atoms with E-state index in [1.807, 2.05) is 18.2 Å². The summed E-state index contributed by atoms with van der Waals surface area (Å²) in [5.41, 5.74) is 8.26. The van der Waals surface area contributed by atoms with E-state index in [9.17, 15) is 0 Å². The van der Waals surface area contributed by atoms with Crippen LogP contribution in [0.5, 0.6) is 0 Å². The summed E-state index contributed by atoms with van der Waals surface area (Å²) in [5, 5.41) is 0.682. The summed E-state index contributed by atoms with van der Waals surface area (Å²) in [5.74, 6) is 0. The van der Waals surface area contributed by atoms with Crippen molar-refractivity contribution in [3.63, 3.8) is 0 Å². The number of hydrogen-bond donors (Lipinski definition) is 1. The Labute approximate surface area is 125 Å². The van der Waals surface area contributed by atoms with E-state index in [0.29, 0.717) is 15.4 Å². The second-order valence-electron chi connectivity index (χ2n) is 6.03. The second-order valence-corrected chi connectivity index (χ2v) is 6.91. The Balaban J connectivity index is 2.29. The van der Waals surface area contributed by atoms with Crippen molar-refractivity contribution in [2.75, 3.05) is 18.0 Å². The van der Waals surface area contributed by atoms with Crippen molar-refractivity contribution >= 4 is 34.5 Å². The second kappa shape index (κ2) is 5.68. The molecule has 1 saturated heterocycles. The predicted octanol–water partition coefficient (Wildman–Crippen LogP) is 3.99. The summed E-state index contributed by atoms with van der Waals surface area (Å²) in [4.78, 5) is 2.81. The maximum absolute atomic E-state index is 6.04. The number of thiocarbonyl (C=S) groups is 1. The predicted molar refractivity (Wildman–Crippen MR) is 87.2 cm³/mol. The topological polar surface area (TPSA) is 29.3 Å². The van der Waals surface area contributed by atoms with E-state index >= 15 is 0 Å². The lowest BCUT2D eigenvalue weighted by Crippen LogP contribution is -2.27. The van der Waals surface area contributed by atoms with Crippen LogP contribution in [-0.2, 0) is 0 Å². The number of halogens is 1. The van der Waals surface area contributed by atoms with E-state index in [1.165, 1.54) is 19.3 Å². The molecular formula is C15H21ClN2S. The Morgan fingerprint density at radius 3 is 2.74 bits per heavy atom. The van der Waals surface area contributed by atoms with Gasteiger partial charge in [0.1, 0.15) is 4.99 Å². The van der Waals surface area contributed by atoms with E-state index in [-0.39, 0.29) is 0 Å². The molecule has 0 amide bonds. The van der Waals surface area contributed by atoms with Gasteiger partial charge in [-0.3, -0.25) is 0 Å². The lowest BCUT2D eigenvalue weighted by Gasteiger charge is -2.26. The number of nitrogens with two attached hydrogens (primary N) is 1. The van der Waals surface area contributed by atoms with Gasteiger partial charge in [0.05, 0.1) is 0 Å². The van der Waals surface area contributed by atoms with Gasteiger partial charge in [-0.15, -0.1) is 0 Å². The molecule has 1 aromatic carbocycles. The quantitative estimate of drug-likeness (QED) is 0.837. The number of rotatable bonds is 2. The van der Waals surface area contributed by atoms with Crippen LogP contribution in [0.25, 0.3) is 0 Å². The van der Waals surface area contributed by atoms with Crippen molar-refractivity contribution < 1.29 is 0 Å². The first-order valence-electron chi connectivity index (χ1n) is 6.73. The van der Waals surface area contributed by atoms with E-state index in [4.69, 9.17) is 29.6 Å². The molecule has 2 nitrogen and oxygen atoms in total. The highest BCUT2D eigenvalue weighted by atomic mass is 35.5. The fraction of sp³-hybridized carbons (Fsp3) is 0.533.